The molecule has 1 aliphatic rings. The third-order valence-corrected chi connectivity index (χ3v) is 4.36. The monoisotopic (exact) mass is 365 g/mol. The molecule has 1 aromatic carbocycles. The number of aryl methyl sites for hydroxylation is 1. The second-order valence-corrected chi connectivity index (χ2v) is 7.79. The highest BCUT2D eigenvalue weighted by molar-refractivity contribution is 6.03. The number of aromatic nitrogens is 1. The molecule has 0 fully saturated rings. The van der Waals surface area contributed by atoms with E-state index in [9.17, 15) is 4.79 Å². The molecule has 0 unspecified atom stereocenters. The van der Waals surface area contributed by atoms with Crippen molar-refractivity contribution >= 4 is 17.5 Å². The Morgan fingerprint density at radius 2 is 1.96 bits per heavy atom. The predicted molar refractivity (Wildman–Crippen MR) is 108 cm³/mol. The number of nitrogens with one attached hydrogen (secondary N) is 1. The number of hydrogen-bond acceptors (Lipinski definition) is 4. The van der Waals surface area contributed by atoms with Gasteiger partial charge in [0.25, 0.3) is 0 Å². The summed E-state index contributed by atoms with van der Waals surface area (Å²) in [5, 5.41) is 2.78. The SMILES string of the molecule is CC(C)(C)OC(=O)NCCc1ccc(/N=C2\CCCc3cnccc32)cc1. The Balaban J connectivity index is 1.58. The molecule has 1 aromatic heterocycles. The van der Waals surface area contributed by atoms with Gasteiger partial charge in [0, 0.05) is 30.2 Å². The molecule has 0 atom stereocenters. The number of carbonyl (C=O) groups is 1. The average Bonchev–Trinajstić information content (AvgIpc) is 2.62. The second kappa shape index (κ2) is 8.33. The summed E-state index contributed by atoms with van der Waals surface area (Å²) < 4.78 is 5.24. The number of fused-ring (bicyclic) bond motifs is 1. The summed E-state index contributed by atoms with van der Waals surface area (Å²) in [7, 11) is 0. The van der Waals surface area contributed by atoms with Crippen LogP contribution < -0.4 is 5.32 Å². The summed E-state index contributed by atoms with van der Waals surface area (Å²) >= 11 is 0. The maximum Gasteiger partial charge on any atom is 0.407 e. The van der Waals surface area contributed by atoms with Gasteiger partial charge < -0.3 is 10.1 Å². The van der Waals surface area contributed by atoms with Gasteiger partial charge in [-0.25, -0.2) is 4.79 Å². The number of nitrogens with zero attached hydrogens (tertiary/aromatic N) is 2. The van der Waals surface area contributed by atoms with Crippen molar-refractivity contribution in [2.24, 2.45) is 4.99 Å². The highest BCUT2D eigenvalue weighted by Crippen LogP contribution is 2.24. The minimum atomic E-state index is -0.474. The van der Waals surface area contributed by atoms with Gasteiger partial charge in [-0.2, -0.15) is 0 Å². The summed E-state index contributed by atoms with van der Waals surface area (Å²) in [4.78, 5) is 20.7. The Labute approximate surface area is 160 Å². The molecule has 1 aliphatic carbocycles. The zero-order chi connectivity index (χ0) is 19.3. The van der Waals surface area contributed by atoms with Crippen molar-refractivity contribution in [1.82, 2.24) is 10.3 Å². The van der Waals surface area contributed by atoms with Crippen LogP contribution >= 0.6 is 0 Å². The minimum Gasteiger partial charge on any atom is -0.444 e. The van der Waals surface area contributed by atoms with Gasteiger partial charge in [0.15, 0.2) is 0 Å². The number of alkyl carbamates (subject to hydrolysis) is 1. The van der Waals surface area contributed by atoms with Crippen LogP contribution in [0.2, 0.25) is 0 Å². The zero-order valence-corrected chi connectivity index (χ0v) is 16.3. The Hall–Kier alpha value is -2.69. The van der Waals surface area contributed by atoms with Crippen LogP contribution in [0.4, 0.5) is 10.5 Å². The highest BCUT2D eigenvalue weighted by atomic mass is 16.6. The van der Waals surface area contributed by atoms with E-state index in [4.69, 9.17) is 9.73 Å². The summed E-state index contributed by atoms with van der Waals surface area (Å²) in [5.41, 5.74) is 5.28. The largest absolute Gasteiger partial charge is 0.444 e. The highest BCUT2D eigenvalue weighted by Gasteiger charge is 2.16. The van der Waals surface area contributed by atoms with Crippen LogP contribution in [-0.2, 0) is 17.6 Å². The Bertz CT molecular complexity index is 820. The van der Waals surface area contributed by atoms with Gasteiger partial charge in [-0.05, 0) is 75.8 Å². The number of ether oxygens (including phenoxy) is 1. The van der Waals surface area contributed by atoms with E-state index in [1.807, 2.05) is 45.3 Å². The lowest BCUT2D eigenvalue weighted by atomic mass is 9.91. The number of carbonyl (C=O) groups excluding carboxylic acids is 1. The van der Waals surface area contributed by atoms with Crippen LogP contribution in [0.1, 0.15) is 50.3 Å². The van der Waals surface area contributed by atoms with Crippen molar-refractivity contribution in [3.8, 4) is 0 Å². The lowest BCUT2D eigenvalue weighted by molar-refractivity contribution is 0.0528. The molecule has 0 bridgehead atoms. The van der Waals surface area contributed by atoms with E-state index in [2.05, 4.69) is 28.5 Å². The van der Waals surface area contributed by atoms with Crippen molar-refractivity contribution in [3.05, 3.63) is 59.4 Å². The molecule has 0 spiro atoms. The molecule has 0 saturated heterocycles. The number of benzene rings is 1. The van der Waals surface area contributed by atoms with Gasteiger partial charge >= 0.3 is 6.09 Å². The van der Waals surface area contributed by atoms with E-state index >= 15 is 0 Å². The van der Waals surface area contributed by atoms with E-state index in [0.717, 1.165) is 42.6 Å². The van der Waals surface area contributed by atoms with E-state index in [0.29, 0.717) is 6.54 Å². The smallest absolute Gasteiger partial charge is 0.407 e. The molecule has 27 heavy (non-hydrogen) atoms. The van der Waals surface area contributed by atoms with Gasteiger partial charge in [-0.3, -0.25) is 9.98 Å². The molecule has 3 rings (SSSR count). The van der Waals surface area contributed by atoms with E-state index < -0.39 is 5.60 Å². The predicted octanol–water partition coefficient (Wildman–Crippen LogP) is 4.61. The van der Waals surface area contributed by atoms with E-state index in [-0.39, 0.29) is 6.09 Å². The van der Waals surface area contributed by atoms with Crippen LogP contribution in [0.15, 0.2) is 47.7 Å². The summed E-state index contributed by atoms with van der Waals surface area (Å²) in [6, 6.07) is 10.2. The second-order valence-electron chi connectivity index (χ2n) is 7.79. The fraction of sp³-hybridized carbons (Fsp3) is 0.409. The fourth-order valence-electron chi connectivity index (χ4n) is 3.12. The van der Waals surface area contributed by atoms with Gasteiger partial charge in [0.2, 0.25) is 0 Å². The van der Waals surface area contributed by atoms with E-state index in [1.165, 1.54) is 11.1 Å². The number of rotatable bonds is 4. The molecule has 0 radical (unpaired) electrons. The van der Waals surface area contributed by atoms with Gasteiger partial charge in [-0.1, -0.05) is 12.1 Å². The molecule has 0 aliphatic heterocycles. The minimum absolute atomic E-state index is 0.379. The van der Waals surface area contributed by atoms with Crippen molar-refractivity contribution in [1.29, 1.82) is 0 Å². The molecule has 2 aromatic rings. The van der Waals surface area contributed by atoms with Crippen molar-refractivity contribution < 1.29 is 9.53 Å². The maximum absolute atomic E-state index is 11.7. The summed E-state index contributed by atoms with van der Waals surface area (Å²) in [6.07, 6.45) is 7.35. The first-order valence-corrected chi connectivity index (χ1v) is 9.47. The summed E-state index contributed by atoms with van der Waals surface area (Å²) in [5.74, 6) is 0. The normalized spacial score (nSPS) is 15.3. The van der Waals surface area contributed by atoms with Crippen molar-refractivity contribution in [2.45, 2.75) is 52.1 Å². The molecular weight excluding hydrogens is 338 g/mol. The number of amides is 1. The summed E-state index contributed by atoms with van der Waals surface area (Å²) in [6.45, 7) is 6.11. The quantitative estimate of drug-likeness (QED) is 0.861. The average molecular weight is 365 g/mol. The van der Waals surface area contributed by atoms with Gasteiger partial charge in [-0.15, -0.1) is 0 Å². The molecular formula is C22H27N3O2. The maximum atomic E-state index is 11.7. The molecule has 1 heterocycles. The third kappa shape index (κ3) is 5.64. The third-order valence-electron chi connectivity index (χ3n) is 4.36. The number of pyridine rings is 1. The first-order chi connectivity index (χ1) is 12.9. The Morgan fingerprint density at radius 1 is 1.19 bits per heavy atom. The Kier molecular flexibility index (Phi) is 5.89. The van der Waals surface area contributed by atoms with E-state index in [1.54, 1.807) is 0 Å². The lowest BCUT2D eigenvalue weighted by Crippen LogP contribution is -2.33. The van der Waals surface area contributed by atoms with Crippen molar-refractivity contribution in [3.63, 3.8) is 0 Å². The van der Waals surface area contributed by atoms with Gasteiger partial charge in [0.1, 0.15) is 5.60 Å². The van der Waals surface area contributed by atoms with Gasteiger partial charge in [0.05, 0.1) is 5.69 Å². The molecule has 1 N–H and O–H groups in total. The standard InChI is InChI=1S/C22H27N3O2/c1-22(2,3)27-21(26)24-14-11-16-7-9-18(10-8-16)25-20-6-4-5-17-15-23-13-12-19(17)20/h7-10,12-13,15H,4-6,11,14H2,1-3H3,(H,24,26)/b25-20+. The van der Waals surface area contributed by atoms with Crippen LogP contribution in [0.5, 0.6) is 0 Å². The van der Waals surface area contributed by atoms with Crippen LogP contribution in [0.25, 0.3) is 0 Å². The topological polar surface area (TPSA) is 63.6 Å². The zero-order valence-electron chi connectivity index (χ0n) is 16.3. The van der Waals surface area contributed by atoms with Crippen molar-refractivity contribution in [2.75, 3.05) is 6.54 Å². The molecule has 142 valence electrons. The Morgan fingerprint density at radius 3 is 2.70 bits per heavy atom. The molecule has 5 nitrogen and oxygen atoms in total. The van der Waals surface area contributed by atoms with Crippen LogP contribution in [0.3, 0.4) is 0 Å². The molecule has 5 heteroatoms. The lowest BCUT2D eigenvalue weighted by Gasteiger charge is -2.19. The number of aliphatic imine (C=N–C) groups is 1. The van der Waals surface area contributed by atoms with Crippen LogP contribution in [0, 0.1) is 0 Å². The first kappa shape index (κ1) is 19.1. The fourth-order valence-corrected chi connectivity index (χ4v) is 3.12. The first-order valence-electron chi connectivity index (χ1n) is 9.47. The molecule has 0 saturated carbocycles. The van der Waals surface area contributed by atoms with Crippen LogP contribution in [-0.4, -0.2) is 28.9 Å². The number of hydrogen-bond donors (Lipinski definition) is 1. The molecule has 1 amide bonds.